The van der Waals surface area contributed by atoms with Crippen molar-refractivity contribution in [3.05, 3.63) is 63.0 Å². The Morgan fingerprint density at radius 2 is 1.97 bits per heavy atom. The van der Waals surface area contributed by atoms with E-state index in [9.17, 15) is 24.8 Å². The first kappa shape index (κ1) is 21.6. The summed E-state index contributed by atoms with van der Waals surface area (Å²) >= 11 is 0. The van der Waals surface area contributed by atoms with Gasteiger partial charge in [-0.15, -0.1) is 0 Å². The average Bonchev–Trinajstić information content (AvgIpc) is 2.72. The lowest BCUT2D eigenvalue weighted by Gasteiger charge is -2.34. The number of non-ortho nitro benzene ring substituents is 1. The Morgan fingerprint density at radius 3 is 2.45 bits per heavy atom. The van der Waals surface area contributed by atoms with Crippen LogP contribution in [0, 0.1) is 21.4 Å². The molecule has 0 saturated carbocycles. The van der Waals surface area contributed by atoms with Gasteiger partial charge in [-0.2, -0.15) is 5.26 Å². The molecule has 0 aromatic heterocycles. The molecule has 1 heterocycles. The van der Waals surface area contributed by atoms with Crippen LogP contribution in [0.5, 0.6) is 0 Å². The van der Waals surface area contributed by atoms with Gasteiger partial charge in [-0.25, -0.2) is 9.59 Å². The Morgan fingerprint density at radius 1 is 1.31 bits per heavy atom. The number of nitro benzene ring substituents is 1. The fourth-order valence-electron chi connectivity index (χ4n) is 3.30. The molecule has 0 amide bonds. The number of hydrogen-bond donors (Lipinski definition) is 1. The number of carboxylic acids is 1. The van der Waals surface area contributed by atoms with E-state index in [4.69, 9.17) is 10.00 Å². The predicted molar refractivity (Wildman–Crippen MR) is 102 cm³/mol. The monoisotopic (exact) mass is 399 g/mol. The molecular weight excluding hydrogens is 378 g/mol. The van der Waals surface area contributed by atoms with Gasteiger partial charge in [0, 0.05) is 30.6 Å². The van der Waals surface area contributed by atoms with Gasteiger partial charge in [-0.05, 0) is 18.9 Å². The second kappa shape index (κ2) is 9.50. The van der Waals surface area contributed by atoms with Crippen molar-refractivity contribution >= 4 is 17.6 Å². The van der Waals surface area contributed by atoms with Crippen LogP contribution in [0.1, 0.15) is 38.2 Å². The summed E-state index contributed by atoms with van der Waals surface area (Å²) in [4.78, 5) is 36.9. The highest BCUT2D eigenvalue weighted by Gasteiger charge is 2.37. The normalized spacial score (nSPS) is 16.1. The minimum atomic E-state index is -1.18. The van der Waals surface area contributed by atoms with Crippen LogP contribution in [-0.4, -0.2) is 40.0 Å². The standard InChI is InChI=1S/C20H21N3O6/c1-3-16-18(19(24)25)17(13-6-8-14(9-7-13)23(27)28)15(12-22(16)4-2)20(26)29-11-5-10-21/h6-9,12,17H,3-5,11H2,1-2H3,(H,24,25). The van der Waals surface area contributed by atoms with Crippen LogP contribution in [0.25, 0.3) is 0 Å². The van der Waals surface area contributed by atoms with Crippen LogP contribution < -0.4 is 0 Å². The number of esters is 1. The molecular formula is C20H21N3O6. The summed E-state index contributed by atoms with van der Waals surface area (Å²) in [6, 6.07) is 7.30. The summed E-state index contributed by atoms with van der Waals surface area (Å²) < 4.78 is 5.15. The molecule has 0 fully saturated rings. The van der Waals surface area contributed by atoms with Crippen molar-refractivity contribution in [2.45, 2.75) is 32.6 Å². The van der Waals surface area contributed by atoms with Gasteiger partial charge in [0.2, 0.25) is 0 Å². The van der Waals surface area contributed by atoms with Crippen LogP contribution in [0.15, 0.2) is 47.3 Å². The molecule has 0 saturated heterocycles. The number of benzene rings is 1. The molecule has 1 unspecified atom stereocenters. The van der Waals surface area contributed by atoms with Gasteiger partial charge >= 0.3 is 11.9 Å². The van der Waals surface area contributed by atoms with Gasteiger partial charge in [-0.3, -0.25) is 10.1 Å². The molecule has 1 atom stereocenters. The highest BCUT2D eigenvalue weighted by Crippen LogP contribution is 2.40. The average molecular weight is 399 g/mol. The first-order valence-corrected chi connectivity index (χ1v) is 9.08. The van der Waals surface area contributed by atoms with E-state index in [-0.39, 0.29) is 29.9 Å². The zero-order chi connectivity index (χ0) is 21.6. The van der Waals surface area contributed by atoms with Gasteiger partial charge < -0.3 is 14.7 Å². The highest BCUT2D eigenvalue weighted by atomic mass is 16.6. The number of nitro groups is 1. The van der Waals surface area contributed by atoms with Crippen molar-refractivity contribution in [2.24, 2.45) is 0 Å². The van der Waals surface area contributed by atoms with Gasteiger partial charge in [0.1, 0.15) is 6.61 Å². The third kappa shape index (κ3) is 4.60. The van der Waals surface area contributed by atoms with E-state index < -0.39 is 22.8 Å². The lowest BCUT2D eigenvalue weighted by atomic mass is 9.81. The number of aliphatic carboxylic acids is 1. The van der Waals surface area contributed by atoms with Crippen LogP contribution in [-0.2, 0) is 14.3 Å². The van der Waals surface area contributed by atoms with Crippen molar-refractivity contribution < 1.29 is 24.4 Å². The first-order chi connectivity index (χ1) is 13.8. The fourth-order valence-corrected chi connectivity index (χ4v) is 3.30. The Bertz CT molecular complexity index is 911. The van der Waals surface area contributed by atoms with Crippen molar-refractivity contribution in [1.82, 2.24) is 4.90 Å². The smallest absolute Gasteiger partial charge is 0.336 e. The minimum absolute atomic E-state index is 0.0144. The minimum Gasteiger partial charge on any atom is -0.478 e. The number of carbonyl (C=O) groups is 2. The van der Waals surface area contributed by atoms with Gasteiger partial charge in [0.05, 0.1) is 34.5 Å². The molecule has 0 radical (unpaired) electrons. The molecule has 1 N–H and O–H groups in total. The maximum atomic E-state index is 12.7. The van der Waals surface area contributed by atoms with Crippen molar-refractivity contribution in [3.63, 3.8) is 0 Å². The molecule has 9 nitrogen and oxygen atoms in total. The third-order valence-corrected chi connectivity index (χ3v) is 4.58. The molecule has 9 heteroatoms. The number of ether oxygens (including phenoxy) is 1. The zero-order valence-electron chi connectivity index (χ0n) is 16.1. The molecule has 29 heavy (non-hydrogen) atoms. The Labute approximate surface area is 167 Å². The second-order valence-electron chi connectivity index (χ2n) is 6.22. The third-order valence-electron chi connectivity index (χ3n) is 4.58. The molecule has 1 aromatic carbocycles. The van der Waals surface area contributed by atoms with Crippen LogP contribution >= 0.6 is 0 Å². The summed E-state index contributed by atoms with van der Waals surface area (Å²) in [7, 11) is 0. The fraction of sp³-hybridized carbons (Fsp3) is 0.350. The lowest BCUT2D eigenvalue weighted by molar-refractivity contribution is -0.384. The number of nitriles is 1. The van der Waals surface area contributed by atoms with Crippen LogP contribution in [0.2, 0.25) is 0 Å². The zero-order valence-corrected chi connectivity index (χ0v) is 16.1. The summed E-state index contributed by atoms with van der Waals surface area (Å²) in [5, 5.41) is 29.5. The van der Waals surface area contributed by atoms with E-state index in [1.807, 2.05) is 19.9 Å². The number of hydrogen-bond acceptors (Lipinski definition) is 7. The number of rotatable bonds is 8. The maximum Gasteiger partial charge on any atom is 0.336 e. The van der Waals surface area contributed by atoms with E-state index in [0.717, 1.165) is 0 Å². The molecule has 1 aromatic rings. The van der Waals surface area contributed by atoms with E-state index in [1.54, 1.807) is 11.1 Å². The molecule has 1 aliphatic heterocycles. The maximum absolute atomic E-state index is 12.7. The van der Waals surface area contributed by atoms with Crippen molar-refractivity contribution in [3.8, 4) is 6.07 Å². The molecule has 152 valence electrons. The second-order valence-corrected chi connectivity index (χ2v) is 6.22. The Hall–Kier alpha value is -3.67. The highest BCUT2D eigenvalue weighted by molar-refractivity contribution is 5.98. The summed E-state index contributed by atoms with van der Waals surface area (Å²) in [6.07, 6.45) is 2.00. The van der Waals surface area contributed by atoms with Crippen LogP contribution in [0.3, 0.4) is 0 Å². The quantitative estimate of drug-likeness (QED) is 0.305. The number of carboxylic acid groups (broad SMARTS) is 1. The molecule has 2 rings (SSSR count). The van der Waals surface area contributed by atoms with Gasteiger partial charge in [0.25, 0.3) is 5.69 Å². The Balaban J connectivity index is 2.60. The van der Waals surface area contributed by atoms with E-state index in [2.05, 4.69) is 0 Å². The number of nitrogens with zero attached hydrogens (tertiary/aromatic N) is 3. The molecule has 0 spiro atoms. The number of allylic oxidation sites excluding steroid dienone is 1. The molecule has 1 aliphatic rings. The van der Waals surface area contributed by atoms with Gasteiger partial charge in [-0.1, -0.05) is 19.1 Å². The molecule has 0 bridgehead atoms. The SMILES string of the molecule is CCC1=C(C(=O)O)C(c2ccc([N+](=O)[O-])cc2)C(C(=O)OCCC#N)=CN1CC. The summed E-state index contributed by atoms with van der Waals surface area (Å²) in [5.41, 5.74) is 0.972. The lowest BCUT2D eigenvalue weighted by Crippen LogP contribution is -2.32. The topological polar surface area (TPSA) is 134 Å². The van der Waals surface area contributed by atoms with Crippen molar-refractivity contribution in [2.75, 3.05) is 13.2 Å². The van der Waals surface area contributed by atoms with Crippen LogP contribution in [0.4, 0.5) is 5.69 Å². The van der Waals surface area contributed by atoms with Crippen molar-refractivity contribution in [1.29, 1.82) is 5.26 Å². The first-order valence-electron chi connectivity index (χ1n) is 9.08. The van der Waals surface area contributed by atoms with Gasteiger partial charge in [0.15, 0.2) is 0 Å². The van der Waals surface area contributed by atoms with E-state index in [0.29, 0.717) is 24.2 Å². The Kier molecular flexibility index (Phi) is 7.09. The summed E-state index contributed by atoms with van der Waals surface area (Å²) in [6.45, 7) is 3.98. The largest absolute Gasteiger partial charge is 0.478 e. The van der Waals surface area contributed by atoms with E-state index in [1.165, 1.54) is 24.3 Å². The molecule has 0 aliphatic carbocycles. The van der Waals surface area contributed by atoms with E-state index >= 15 is 0 Å². The summed E-state index contributed by atoms with van der Waals surface area (Å²) in [5.74, 6) is -2.85. The predicted octanol–water partition coefficient (Wildman–Crippen LogP) is 3.10. The number of carbonyl (C=O) groups excluding carboxylic acids is 1.